The molecule has 1 aliphatic carbocycles. The normalized spacial score (nSPS) is 13.4. The van der Waals surface area contributed by atoms with Gasteiger partial charge in [0.2, 0.25) is 0 Å². The van der Waals surface area contributed by atoms with Gasteiger partial charge in [-0.15, -0.1) is 11.3 Å². The molecule has 28 heavy (non-hydrogen) atoms. The fraction of sp³-hybridized carbons (Fsp3) is 0.476. The molecule has 3 aromatic heterocycles. The number of rotatable bonds is 8. The number of carbonyl (C=O) groups excluding carboxylic acids is 1. The summed E-state index contributed by atoms with van der Waals surface area (Å²) in [4.78, 5) is 24.4. The van der Waals surface area contributed by atoms with Crippen molar-refractivity contribution < 1.29 is 9.53 Å². The number of thioether (sulfide) groups is 1. The van der Waals surface area contributed by atoms with Crippen LogP contribution in [-0.2, 0) is 24.1 Å². The van der Waals surface area contributed by atoms with E-state index in [-0.39, 0.29) is 5.78 Å². The fourth-order valence-electron chi connectivity index (χ4n) is 4.02. The summed E-state index contributed by atoms with van der Waals surface area (Å²) in [5, 5.41) is 2.13. The summed E-state index contributed by atoms with van der Waals surface area (Å²) in [6, 6.07) is 2.02. The molecule has 0 radical (unpaired) electrons. The average Bonchev–Trinajstić information content (AvgIpc) is 3.35. The van der Waals surface area contributed by atoms with Gasteiger partial charge >= 0.3 is 0 Å². The number of aryl methyl sites for hydroxylation is 3. The van der Waals surface area contributed by atoms with Crippen molar-refractivity contribution in [1.29, 1.82) is 0 Å². The van der Waals surface area contributed by atoms with E-state index in [1.165, 1.54) is 22.2 Å². The zero-order chi connectivity index (χ0) is 19.7. The standard InChI is InChI=1S/C21H25N3O2S2/c1-13-10-16(14(2)24(13)8-5-9-26-3)17(25)11-27-20-19-15-6-4-7-18(15)28-21(19)23-12-22-20/h10,12H,4-9,11H2,1-3H3. The van der Waals surface area contributed by atoms with Gasteiger partial charge < -0.3 is 9.30 Å². The average molecular weight is 416 g/mol. The van der Waals surface area contributed by atoms with Gasteiger partial charge in [-0.3, -0.25) is 4.79 Å². The van der Waals surface area contributed by atoms with E-state index in [2.05, 4.69) is 21.5 Å². The summed E-state index contributed by atoms with van der Waals surface area (Å²) in [6.07, 6.45) is 6.03. The molecule has 148 valence electrons. The van der Waals surface area contributed by atoms with Crippen LogP contribution in [-0.4, -0.2) is 39.8 Å². The highest BCUT2D eigenvalue weighted by atomic mass is 32.2. The Labute approximate surface area is 173 Å². The van der Waals surface area contributed by atoms with Crippen molar-refractivity contribution in [3.63, 3.8) is 0 Å². The van der Waals surface area contributed by atoms with Crippen LogP contribution in [0.5, 0.6) is 0 Å². The number of carbonyl (C=O) groups is 1. The van der Waals surface area contributed by atoms with E-state index in [1.807, 2.05) is 13.0 Å². The van der Waals surface area contributed by atoms with Crippen molar-refractivity contribution in [2.45, 2.75) is 51.1 Å². The van der Waals surface area contributed by atoms with Gasteiger partial charge in [0.1, 0.15) is 16.2 Å². The number of Topliss-reactive ketones (excluding diaryl/α,β-unsaturated/α-hetero) is 1. The van der Waals surface area contributed by atoms with Crippen molar-refractivity contribution in [3.05, 3.63) is 39.8 Å². The summed E-state index contributed by atoms with van der Waals surface area (Å²) >= 11 is 3.33. The Morgan fingerprint density at radius 2 is 2.18 bits per heavy atom. The predicted octanol–water partition coefficient (Wildman–Crippen LogP) is 4.61. The fourth-order valence-corrected chi connectivity index (χ4v) is 6.22. The van der Waals surface area contributed by atoms with Gasteiger partial charge in [0.25, 0.3) is 0 Å². The highest BCUT2D eigenvalue weighted by molar-refractivity contribution is 8.00. The molecule has 0 saturated heterocycles. The minimum atomic E-state index is 0.162. The first-order chi connectivity index (χ1) is 13.6. The van der Waals surface area contributed by atoms with Crippen LogP contribution >= 0.6 is 23.1 Å². The van der Waals surface area contributed by atoms with Crippen LogP contribution in [0.1, 0.15) is 45.0 Å². The Morgan fingerprint density at radius 1 is 1.32 bits per heavy atom. The number of thiophene rings is 1. The van der Waals surface area contributed by atoms with Crippen LogP contribution in [0, 0.1) is 13.8 Å². The van der Waals surface area contributed by atoms with Crippen LogP contribution in [0.2, 0.25) is 0 Å². The first-order valence-electron chi connectivity index (χ1n) is 9.67. The lowest BCUT2D eigenvalue weighted by atomic mass is 10.2. The van der Waals surface area contributed by atoms with Gasteiger partial charge in [-0.05, 0) is 51.2 Å². The second kappa shape index (κ2) is 8.35. The van der Waals surface area contributed by atoms with Crippen LogP contribution in [0.15, 0.2) is 17.4 Å². The molecule has 3 heterocycles. The van der Waals surface area contributed by atoms with E-state index in [4.69, 9.17) is 4.74 Å². The number of ether oxygens (including phenoxy) is 1. The number of aromatic nitrogens is 3. The molecule has 1 aliphatic rings. The Morgan fingerprint density at radius 3 is 3.00 bits per heavy atom. The molecule has 0 bridgehead atoms. The number of methoxy groups -OCH3 is 1. The van der Waals surface area contributed by atoms with E-state index in [0.29, 0.717) is 5.75 Å². The molecule has 0 unspecified atom stereocenters. The van der Waals surface area contributed by atoms with Crippen molar-refractivity contribution in [2.24, 2.45) is 0 Å². The second-order valence-corrected chi connectivity index (χ2v) is 9.26. The number of hydrogen-bond acceptors (Lipinski definition) is 6. The lowest BCUT2D eigenvalue weighted by Gasteiger charge is -2.09. The maximum atomic E-state index is 12.9. The highest BCUT2D eigenvalue weighted by Crippen LogP contribution is 2.40. The van der Waals surface area contributed by atoms with Gasteiger partial charge in [0, 0.05) is 47.5 Å². The molecule has 0 spiro atoms. The molecular weight excluding hydrogens is 390 g/mol. The molecule has 0 fully saturated rings. The Hall–Kier alpha value is -1.70. The smallest absolute Gasteiger partial charge is 0.174 e. The van der Waals surface area contributed by atoms with Crippen molar-refractivity contribution in [3.8, 4) is 0 Å². The van der Waals surface area contributed by atoms with Gasteiger partial charge in [0.15, 0.2) is 5.78 Å². The molecule has 7 heteroatoms. The van der Waals surface area contributed by atoms with E-state index in [9.17, 15) is 4.79 Å². The summed E-state index contributed by atoms with van der Waals surface area (Å²) in [6.45, 7) is 5.70. The zero-order valence-corrected chi connectivity index (χ0v) is 18.2. The van der Waals surface area contributed by atoms with Crippen LogP contribution in [0.4, 0.5) is 0 Å². The van der Waals surface area contributed by atoms with Crippen LogP contribution < -0.4 is 0 Å². The van der Waals surface area contributed by atoms with Gasteiger partial charge in [-0.1, -0.05) is 11.8 Å². The Kier molecular flexibility index (Phi) is 5.85. The number of ketones is 1. The zero-order valence-electron chi connectivity index (χ0n) is 16.6. The molecule has 3 aromatic rings. The van der Waals surface area contributed by atoms with Gasteiger partial charge in [-0.25, -0.2) is 9.97 Å². The van der Waals surface area contributed by atoms with Gasteiger partial charge in [0.05, 0.1) is 5.75 Å². The summed E-state index contributed by atoms with van der Waals surface area (Å²) in [7, 11) is 1.72. The quantitative estimate of drug-likeness (QED) is 0.233. The lowest BCUT2D eigenvalue weighted by Crippen LogP contribution is -2.08. The highest BCUT2D eigenvalue weighted by Gasteiger charge is 2.22. The molecule has 0 N–H and O–H groups in total. The summed E-state index contributed by atoms with van der Waals surface area (Å²) in [5.41, 5.74) is 4.40. The molecule has 0 atom stereocenters. The third-order valence-corrected chi connectivity index (χ3v) is 7.60. The Balaban J connectivity index is 1.51. The molecule has 0 saturated carbocycles. The molecular formula is C21H25N3O2S2. The predicted molar refractivity (Wildman–Crippen MR) is 115 cm³/mol. The summed E-state index contributed by atoms with van der Waals surface area (Å²) < 4.78 is 7.36. The Bertz CT molecular complexity index is 1020. The van der Waals surface area contributed by atoms with Gasteiger partial charge in [-0.2, -0.15) is 0 Å². The molecule has 0 aromatic carbocycles. The van der Waals surface area contributed by atoms with Crippen molar-refractivity contribution in [1.82, 2.24) is 14.5 Å². The third kappa shape index (κ3) is 3.63. The molecule has 4 rings (SSSR count). The van der Waals surface area contributed by atoms with E-state index >= 15 is 0 Å². The molecule has 0 amide bonds. The minimum Gasteiger partial charge on any atom is -0.385 e. The van der Waals surface area contributed by atoms with Crippen molar-refractivity contribution in [2.75, 3.05) is 19.5 Å². The maximum absolute atomic E-state index is 12.9. The van der Waals surface area contributed by atoms with Crippen LogP contribution in [0.3, 0.4) is 0 Å². The first kappa shape index (κ1) is 19.6. The van der Waals surface area contributed by atoms with E-state index in [1.54, 1.807) is 36.5 Å². The molecule has 5 nitrogen and oxygen atoms in total. The monoisotopic (exact) mass is 415 g/mol. The molecule has 0 aliphatic heterocycles. The minimum absolute atomic E-state index is 0.162. The largest absolute Gasteiger partial charge is 0.385 e. The second-order valence-electron chi connectivity index (χ2n) is 7.21. The first-order valence-corrected chi connectivity index (χ1v) is 11.5. The van der Waals surface area contributed by atoms with E-state index < -0.39 is 0 Å². The third-order valence-electron chi connectivity index (χ3n) is 5.41. The summed E-state index contributed by atoms with van der Waals surface area (Å²) in [5.74, 6) is 0.564. The topological polar surface area (TPSA) is 57.0 Å². The number of nitrogens with zero attached hydrogens (tertiary/aromatic N) is 3. The SMILES string of the molecule is COCCCn1c(C)cc(C(=O)CSc2ncnc3sc4c(c23)CCC4)c1C. The lowest BCUT2D eigenvalue weighted by molar-refractivity contribution is 0.102. The number of fused-ring (bicyclic) bond motifs is 3. The van der Waals surface area contributed by atoms with Crippen LogP contribution in [0.25, 0.3) is 10.2 Å². The number of hydrogen-bond donors (Lipinski definition) is 0. The van der Waals surface area contributed by atoms with E-state index in [0.717, 1.165) is 59.2 Å². The van der Waals surface area contributed by atoms with Crippen molar-refractivity contribution >= 4 is 39.1 Å². The maximum Gasteiger partial charge on any atom is 0.174 e.